The van der Waals surface area contributed by atoms with Gasteiger partial charge < -0.3 is 9.84 Å². The summed E-state index contributed by atoms with van der Waals surface area (Å²) in [6.45, 7) is 1.49. The largest absolute Gasteiger partial charge is 0.496 e. The van der Waals surface area contributed by atoms with Crippen LogP contribution >= 0.6 is 0 Å². The van der Waals surface area contributed by atoms with E-state index in [4.69, 9.17) is 5.11 Å². The number of methoxy groups -OCH3 is 1. The Kier molecular flexibility index (Phi) is 4.21. The molecule has 6 heteroatoms. The molecule has 0 heterocycles. The third kappa shape index (κ3) is 3.38. The SMILES string of the molecule is COc1cc(CC(C)C(=O)O)ccc1C(F)(F)F. The molecule has 1 rings (SSSR count). The molecule has 0 aromatic heterocycles. The standard InChI is InChI=1S/C12H13F3O3/c1-7(11(16)17)5-8-3-4-9(12(13,14)15)10(6-8)18-2/h3-4,6-7H,5H2,1-2H3,(H,16,17). The number of hydrogen-bond donors (Lipinski definition) is 1. The topological polar surface area (TPSA) is 46.5 Å². The summed E-state index contributed by atoms with van der Waals surface area (Å²) < 4.78 is 42.4. The molecule has 0 aliphatic heterocycles. The lowest BCUT2D eigenvalue weighted by Gasteiger charge is -2.14. The first kappa shape index (κ1) is 14.3. The van der Waals surface area contributed by atoms with Crippen LogP contribution in [0.4, 0.5) is 13.2 Å². The van der Waals surface area contributed by atoms with E-state index >= 15 is 0 Å². The summed E-state index contributed by atoms with van der Waals surface area (Å²) in [4.78, 5) is 10.7. The number of carboxylic acids is 1. The Morgan fingerprint density at radius 1 is 1.44 bits per heavy atom. The van der Waals surface area contributed by atoms with Crippen LogP contribution in [0.1, 0.15) is 18.1 Å². The highest BCUT2D eigenvalue weighted by atomic mass is 19.4. The van der Waals surface area contributed by atoms with Crippen LogP contribution in [0.3, 0.4) is 0 Å². The molecular weight excluding hydrogens is 249 g/mol. The average Bonchev–Trinajstić information content (AvgIpc) is 2.27. The monoisotopic (exact) mass is 262 g/mol. The molecule has 0 amide bonds. The van der Waals surface area contributed by atoms with Gasteiger partial charge in [0.05, 0.1) is 18.6 Å². The fourth-order valence-electron chi connectivity index (χ4n) is 1.54. The third-order valence-electron chi connectivity index (χ3n) is 2.53. The van der Waals surface area contributed by atoms with E-state index in [0.29, 0.717) is 5.56 Å². The molecule has 1 unspecified atom stereocenters. The zero-order chi connectivity index (χ0) is 13.9. The molecule has 0 fully saturated rings. The zero-order valence-corrected chi connectivity index (χ0v) is 9.91. The number of rotatable bonds is 4. The van der Waals surface area contributed by atoms with E-state index in [2.05, 4.69) is 4.74 Å². The summed E-state index contributed by atoms with van der Waals surface area (Å²) in [5.74, 6) is -1.95. The van der Waals surface area contributed by atoms with Crippen molar-refractivity contribution in [3.8, 4) is 5.75 Å². The van der Waals surface area contributed by atoms with Crippen LogP contribution in [0, 0.1) is 5.92 Å². The maximum atomic E-state index is 12.6. The van der Waals surface area contributed by atoms with Crippen molar-refractivity contribution in [2.75, 3.05) is 7.11 Å². The van der Waals surface area contributed by atoms with Crippen LogP contribution in [-0.4, -0.2) is 18.2 Å². The van der Waals surface area contributed by atoms with Gasteiger partial charge in [-0.2, -0.15) is 13.2 Å². The molecule has 1 atom stereocenters. The minimum Gasteiger partial charge on any atom is -0.496 e. The Bertz CT molecular complexity index is 441. The Morgan fingerprint density at radius 3 is 2.50 bits per heavy atom. The highest BCUT2D eigenvalue weighted by Gasteiger charge is 2.34. The van der Waals surface area contributed by atoms with Gasteiger partial charge in [0.2, 0.25) is 0 Å². The molecule has 0 aliphatic rings. The number of alkyl halides is 3. The van der Waals surface area contributed by atoms with Crippen LogP contribution in [0.5, 0.6) is 5.75 Å². The van der Waals surface area contributed by atoms with Gasteiger partial charge in [-0.1, -0.05) is 13.0 Å². The van der Waals surface area contributed by atoms with Gasteiger partial charge >= 0.3 is 12.1 Å². The molecule has 0 saturated heterocycles. The number of benzene rings is 1. The molecule has 1 aromatic carbocycles. The summed E-state index contributed by atoms with van der Waals surface area (Å²) in [5, 5.41) is 8.74. The van der Waals surface area contributed by atoms with E-state index in [1.807, 2.05) is 0 Å². The summed E-state index contributed by atoms with van der Waals surface area (Å²) in [6.07, 6.45) is -4.33. The van der Waals surface area contributed by atoms with Crippen molar-refractivity contribution >= 4 is 5.97 Å². The fourth-order valence-corrected chi connectivity index (χ4v) is 1.54. The Balaban J connectivity index is 3.03. The number of hydrogen-bond acceptors (Lipinski definition) is 2. The van der Waals surface area contributed by atoms with E-state index in [-0.39, 0.29) is 12.2 Å². The van der Waals surface area contributed by atoms with Gasteiger partial charge in [0.1, 0.15) is 5.75 Å². The van der Waals surface area contributed by atoms with E-state index in [1.165, 1.54) is 19.1 Å². The second-order valence-electron chi connectivity index (χ2n) is 3.98. The summed E-state index contributed by atoms with van der Waals surface area (Å²) in [7, 11) is 1.15. The van der Waals surface area contributed by atoms with Gasteiger partial charge in [-0.3, -0.25) is 4.79 Å². The van der Waals surface area contributed by atoms with Gasteiger partial charge in [-0.15, -0.1) is 0 Å². The second kappa shape index (κ2) is 5.29. The van der Waals surface area contributed by atoms with E-state index < -0.39 is 23.6 Å². The first-order chi connectivity index (χ1) is 8.25. The van der Waals surface area contributed by atoms with Crippen molar-refractivity contribution < 1.29 is 27.8 Å². The minimum absolute atomic E-state index is 0.157. The normalized spacial score (nSPS) is 13.2. The number of carboxylic acid groups (broad SMARTS) is 1. The second-order valence-corrected chi connectivity index (χ2v) is 3.98. The van der Waals surface area contributed by atoms with Crippen molar-refractivity contribution in [2.45, 2.75) is 19.5 Å². The van der Waals surface area contributed by atoms with E-state index in [0.717, 1.165) is 13.2 Å². The number of aliphatic carboxylic acids is 1. The van der Waals surface area contributed by atoms with Crippen LogP contribution < -0.4 is 4.74 Å². The number of carbonyl (C=O) groups is 1. The van der Waals surface area contributed by atoms with Crippen LogP contribution in [0.15, 0.2) is 18.2 Å². The minimum atomic E-state index is -4.48. The van der Waals surface area contributed by atoms with Crippen molar-refractivity contribution in [3.05, 3.63) is 29.3 Å². The highest BCUT2D eigenvalue weighted by Crippen LogP contribution is 2.36. The molecular formula is C12H13F3O3. The lowest BCUT2D eigenvalue weighted by molar-refractivity contribution is -0.141. The van der Waals surface area contributed by atoms with E-state index in [1.54, 1.807) is 0 Å². The summed E-state index contributed by atoms with van der Waals surface area (Å²) in [6, 6.07) is 3.40. The van der Waals surface area contributed by atoms with Crippen molar-refractivity contribution in [2.24, 2.45) is 5.92 Å². The molecule has 0 aliphatic carbocycles. The highest BCUT2D eigenvalue weighted by molar-refractivity contribution is 5.69. The van der Waals surface area contributed by atoms with Crippen molar-refractivity contribution in [1.29, 1.82) is 0 Å². The predicted molar refractivity (Wildman–Crippen MR) is 58.5 cm³/mol. The lowest BCUT2D eigenvalue weighted by Crippen LogP contribution is -2.13. The maximum absolute atomic E-state index is 12.6. The molecule has 1 N–H and O–H groups in total. The Morgan fingerprint density at radius 2 is 2.06 bits per heavy atom. The van der Waals surface area contributed by atoms with Gasteiger partial charge in [-0.05, 0) is 24.1 Å². The maximum Gasteiger partial charge on any atom is 0.419 e. The molecule has 0 bridgehead atoms. The molecule has 3 nitrogen and oxygen atoms in total. The van der Waals surface area contributed by atoms with Gasteiger partial charge in [0.15, 0.2) is 0 Å². The first-order valence-electron chi connectivity index (χ1n) is 5.22. The fraction of sp³-hybridized carbons (Fsp3) is 0.417. The molecule has 1 aromatic rings. The third-order valence-corrected chi connectivity index (χ3v) is 2.53. The summed E-state index contributed by atoms with van der Waals surface area (Å²) in [5.41, 5.74) is -0.369. The molecule has 18 heavy (non-hydrogen) atoms. The summed E-state index contributed by atoms with van der Waals surface area (Å²) >= 11 is 0. The molecule has 0 radical (unpaired) electrons. The van der Waals surface area contributed by atoms with Crippen LogP contribution in [0.2, 0.25) is 0 Å². The average molecular weight is 262 g/mol. The lowest BCUT2D eigenvalue weighted by atomic mass is 9.99. The predicted octanol–water partition coefficient (Wildman–Crippen LogP) is 2.98. The van der Waals surface area contributed by atoms with E-state index in [9.17, 15) is 18.0 Å². The van der Waals surface area contributed by atoms with Gasteiger partial charge in [-0.25, -0.2) is 0 Å². The Labute approximate surface area is 102 Å². The number of ether oxygens (including phenoxy) is 1. The smallest absolute Gasteiger partial charge is 0.419 e. The molecule has 0 saturated carbocycles. The van der Waals surface area contributed by atoms with Crippen LogP contribution in [0.25, 0.3) is 0 Å². The van der Waals surface area contributed by atoms with Crippen LogP contribution in [-0.2, 0) is 17.4 Å². The van der Waals surface area contributed by atoms with Gasteiger partial charge in [0.25, 0.3) is 0 Å². The molecule has 100 valence electrons. The number of halogens is 3. The zero-order valence-electron chi connectivity index (χ0n) is 9.91. The first-order valence-corrected chi connectivity index (χ1v) is 5.22. The van der Waals surface area contributed by atoms with Gasteiger partial charge in [0, 0.05) is 0 Å². The van der Waals surface area contributed by atoms with Crippen molar-refractivity contribution in [1.82, 2.24) is 0 Å². The Hall–Kier alpha value is -1.72. The van der Waals surface area contributed by atoms with Crippen molar-refractivity contribution in [3.63, 3.8) is 0 Å². The quantitative estimate of drug-likeness (QED) is 0.907. The molecule has 0 spiro atoms.